The number of rotatable bonds is 7. The normalized spacial score (nSPS) is 15.7. The number of sulfonamides is 1. The standard InChI is InChI=1S/C27H22ClF3N6O4S/c1-40-27-21(12-15(28)13-32-27)42(38,39)35-18-7-6-17(29)23(24(18)30)16-5-8-19-25(33-14-36(19)26(16)31)20-9-10-34-37(20)22-4-2-3-11-41-22/h5-10,12-14,22,35H,2-4,11H2,1H3. The number of aromatic nitrogens is 5. The van der Waals surface area contributed by atoms with Crippen LogP contribution in [0.4, 0.5) is 18.9 Å². The van der Waals surface area contributed by atoms with Crippen LogP contribution in [0.2, 0.25) is 5.02 Å². The molecule has 1 atom stereocenters. The van der Waals surface area contributed by atoms with Crippen molar-refractivity contribution in [3.05, 3.63) is 77.7 Å². The minimum Gasteiger partial charge on any atom is -0.480 e. The highest BCUT2D eigenvalue weighted by Gasteiger charge is 2.27. The first-order chi connectivity index (χ1) is 20.2. The van der Waals surface area contributed by atoms with E-state index in [1.54, 1.807) is 16.9 Å². The fourth-order valence-corrected chi connectivity index (χ4v) is 6.33. The van der Waals surface area contributed by atoms with E-state index in [9.17, 15) is 8.42 Å². The van der Waals surface area contributed by atoms with Crippen molar-refractivity contribution in [3.63, 3.8) is 0 Å². The Morgan fingerprint density at radius 2 is 1.95 bits per heavy atom. The minimum absolute atomic E-state index is 0.0131. The first kappa shape index (κ1) is 28.0. The number of benzene rings is 1. The van der Waals surface area contributed by atoms with E-state index in [0.29, 0.717) is 23.5 Å². The van der Waals surface area contributed by atoms with Gasteiger partial charge in [0.05, 0.1) is 34.6 Å². The van der Waals surface area contributed by atoms with E-state index in [1.807, 2.05) is 4.72 Å². The molecule has 4 aromatic heterocycles. The van der Waals surface area contributed by atoms with Crippen LogP contribution in [0.15, 0.2) is 60.0 Å². The Labute approximate surface area is 242 Å². The summed E-state index contributed by atoms with van der Waals surface area (Å²) < 4.78 is 88.4. The van der Waals surface area contributed by atoms with Gasteiger partial charge in [-0.15, -0.1) is 0 Å². The SMILES string of the molecule is COc1ncc(Cl)cc1S(=O)(=O)Nc1ccc(F)c(-c2ccc3c(-c4ccnn4C4CCCCO4)ncn3c2F)c1F. The molecule has 0 aliphatic carbocycles. The third-order valence-corrected chi connectivity index (χ3v) is 8.43. The summed E-state index contributed by atoms with van der Waals surface area (Å²) in [5, 5.41) is 4.35. The second kappa shape index (κ2) is 10.9. The van der Waals surface area contributed by atoms with E-state index in [-0.39, 0.29) is 17.1 Å². The number of fused-ring (bicyclic) bond motifs is 1. The zero-order chi connectivity index (χ0) is 29.6. The van der Waals surface area contributed by atoms with Gasteiger partial charge in [0.25, 0.3) is 10.0 Å². The van der Waals surface area contributed by atoms with Gasteiger partial charge in [-0.05, 0) is 55.7 Å². The Morgan fingerprint density at radius 1 is 1.12 bits per heavy atom. The average Bonchev–Trinajstić information content (AvgIpc) is 3.64. The number of nitrogens with zero attached hydrogens (tertiary/aromatic N) is 5. The molecule has 0 bridgehead atoms. The molecule has 1 aromatic carbocycles. The molecule has 6 rings (SSSR count). The second-order valence-electron chi connectivity index (χ2n) is 9.42. The zero-order valence-corrected chi connectivity index (χ0v) is 23.5. The fraction of sp³-hybridized carbons (Fsp3) is 0.222. The lowest BCUT2D eigenvalue weighted by atomic mass is 10.0. The Balaban J connectivity index is 1.40. The summed E-state index contributed by atoms with van der Waals surface area (Å²) in [6.07, 6.45) is 6.37. The smallest absolute Gasteiger partial charge is 0.267 e. The number of halogens is 4. The third-order valence-electron chi connectivity index (χ3n) is 6.86. The van der Waals surface area contributed by atoms with Crippen molar-refractivity contribution >= 4 is 32.8 Å². The number of pyridine rings is 2. The summed E-state index contributed by atoms with van der Waals surface area (Å²) in [4.78, 5) is 7.68. The van der Waals surface area contributed by atoms with E-state index >= 15 is 13.2 Å². The van der Waals surface area contributed by atoms with Crippen molar-refractivity contribution in [3.8, 4) is 28.4 Å². The van der Waals surface area contributed by atoms with Crippen molar-refractivity contribution in [2.24, 2.45) is 0 Å². The average molecular weight is 619 g/mol. The molecule has 0 saturated carbocycles. The molecule has 10 nitrogen and oxygen atoms in total. The van der Waals surface area contributed by atoms with Crippen molar-refractivity contribution in [1.82, 2.24) is 24.1 Å². The first-order valence-corrected chi connectivity index (χ1v) is 14.6. The molecule has 1 fully saturated rings. The molecule has 5 heterocycles. The molecule has 5 aromatic rings. The van der Waals surface area contributed by atoms with E-state index in [2.05, 4.69) is 15.1 Å². The number of anilines is 1. The molecule has 15 heteroatoms. The van der Waals surface area contributed by atoms with Gasteiger partial charge in [0.1, 0.15) is 17.8 Å². The molecule has 1 unspecified atom stereocenters. The third kappa shape index (κ3) is 4.84. The predicted molar refractivity (Wildman–Crippen MR) is 147 cm³/mol. The van der Waals surface area contributed by atoms with Crippen LogP contribution >= 0.6 is 11.6 Å². The highest BCUT2D eigenvalue weighted by atomic mass is 35.5. The summed E-state index contributed by atoms with van der Waals surface area (Å²) in [6, 6.07) is 7.18. The number of methoxy groups -OCH3 is 1. The van der Waals surface area contributed by atoms with Crippen LogP contribution in [0, 0.1) is 17.6 Å². The fourth-order valence-electron chi connectivity index (χ4n) is 4.90. The predicted octanol–water partition coefficient (Wildman–Crippen LogP) is 5.84. The highest BCUT2D eigenvalue weighted by Crippen LogP contribution is 2.36. The number of hydrogen-bond acceptors (Lipinski definition) is 7. The maximum atomic E-state index is 15.9. The summed E-state index contributed by atoms with van der Waals surface area (Å²) in [6.45, 7) is 0.599. The van der Waals surface area contributed by atoms with Gasteiger partial charge in [-0.25, -0.2) is 31.8 Å². The molecular weight excluding hydrogens is 597 g/mol. The quantitative estimate of drug-likeness (QED) is 0.228. The van der Waals surface area contributed by atoms with Gasteiger partial charge in [-0.2, -0.15) is 9.49 Å². The summed E-state index contributed by atoms with van der Waals surface area (Å²) in [5.74, 6) is -3.75. The van der Waals surface area contributed by atoms with Gasteiger partial charge >= 0.3 is 0 Å². The minimum atomic E-state index is -4.50. The molecular formula is C27H22ClF3N6O4S. The Bertz CT molecular complexity index is 1920. The van der Waals surface area contributed by atoms with Gasteiger partial charge < -0.3 is 9.47 Å². The number of imidazole rings is 1. The Hall–Kier alpha value is -4.14. The summed E-state index contributed by atoms with van der Waals surface area (Å²) in [5.41, 5.74) is -0.534. The molecule has 0 amide bonds. The van der Waals surface area contributed by atoms with E-state index in [0.717, 1.165) is 41.9 Å². The van der Waals surface area contributed by atoms with Crippen LogP contribution in [-0.2, 0) is 14.8 Å². The van der Waals surface area contributed by atoms with Gasteiger partial charge in [0.15, 0.2) is 16.9 Å². The van der Waals surface area contributed by atoms with Crippen LogP contribution in [0.5, 0.6) is 5.88 Å². The molecule has 1 saturated heterocycles. The van der Waals surface area contributed by atoms with Gasteiger partial charge in [-0.3, -0.25) is 9.12 Å². The van der Waals surface area contributed by atoms with Gasteiger partial charge in [-0.1, -0.05) is 11.6 Å². The van der Waals surface area contributed by atoms with Crippen molar-refractivity contribution in [2.75, 3.05) is 18.4 Å². The summed E-state index contributed by atoms with van der Waals surface area (Å²) in [7, 11) is -3.31. The van der Waals surface area contributed by atoms with Gasteiger partial charge in [0, 0.05) is 24.6 Å². The number of nitrogens with one attached hydrogen (secondary N) is 1. The maximum absolute atomic E-state index is 15.9. The first-order valence-electron chi connectivity index (χ1n) is 12.7. The van der Waals surface area contributed by atoms with Crippen molar-refractivity contribution in [1.29, 1.82) is 0 Å². The lowest BCUT2D eigenvalue weighted by molar-refractivity contribution is -0.0383. The number of ether oxygens (including phenoxy) is 2. The molecule has 1 aliphatic heterocycles. The Kier molecular flexibility index (Phi) is 7.29. The van der Waals surface area contributed by atoms with Gasteiger partial charge in [0.2, 0.25) is 11.8 Å². The molecule has 1 aliphatic rings. The topological polar surface area (TPSA) is 113 Å². The lowest BCUT2D eigenvalue weighted by Crippen LogP contribution is -2.19. The van der Waals surface area contributed by atoms with Crippen molar-refractivity contribution in [2.45, 2.75) is 30.4 Å². The lowest BCUT2D eigenvalue weighted by Gasteiger charge is -2.24. The van der Waals surface area contributed by atoms with E-state index < -0.39 is 49.3 Å². The van der Waals surface area contributed by atoms with Crippen molar-refractivity contribution < 1.29 is 31.1 Å². The molecule has 0 spiro atoms. The molecule has 0 radical (unpaired) electrons. The zero-order valence-electron chi connectivity index (χ0n) is 21.9. The number of hydrogen-bond donors (Lipinski definition) is 1. The van der Waals surface area contributed by atoms with Crippen LogP contribution in [0.1, 0.15) is 25.5 Å². The van der Waals surface area contributed by atoms with Crippen LogP contribution in [-0.4, -0.2) is 46.3 Å². The largest absolute Gasteiger partial charge is 0.480 e. The molecule has 42 heavy (non-hydrogen) atoms. The second-order valence-corrected chi connectivity index (χ2v) is 11.5. The van der Waals surface area contributed by atoms with Crippen LogP contribution in [0.3, 0.4) is 0 Å². The Morgan fingerprint density at radius 3 is 2.71 bits per heavy atom. The monoisotopic (exact) mass is 618 g/mol. The highest BCUT2D eigenvalue weighted by molar-refractivity contribution is 7.92. The van der Waals surface area contributed by atoms with Crippen LogP contribution in [0.25, 0.3) is 28.0 Å². The molecule has 218 valence electrons. The van der Waals surface area contributed by atoms with Crippen LogP contribution < -0.4 is 9.46 Å². The van der Waals surface area contributed by atoms with E-state index in [4.69, 9.17) is 21.1 Å². The molecule has 1 N–H and O–H groups in total. The maximum Gasteiger partial charge on any atom is 0.267 e. The van der Waals surface area contributed by atoms with E-state index in [1.165, 1.54) is 31.8 Å². The summed E-state index contributed by atoms with van der Waals surface area (Å²) >= 11 is 5.89.